The van der Waals surface area contributed by atoms with Crippen LogP contribution in [0.5, 0.6) is 5.75 Å². The van der Waals surface area contributed by atoms with E-state index in [0.717, 1.165) is 36.2 Å². The number of halogens is 1. The molecular formula is C20H23ClN4O2. The van der Waals surface area contributed by atoms with Crippen molar-refractivity contribution in [2.24, 2.45) is 0 Å². The number of rotatable bonds is 5. The zero-order valence-corrected chi connectivity index (χ0v) is 15.9. The van der Waals surface area contributed by atoms with Gasteiger partial charge in [0.1, 0.15) is 18.2 Å². The topological polar surface area (TPSA) is 67.4 Å². The van der Waals surface area contributed by atoms with Gasteiger partial charge < -0.3 is 10.1 Å². The van der Waals surface area contributed by atoms with Crippen molar-refractivity contribution < 1.29 is 9.53 Å². The monoisotopic (exact) mass is 386 g/mol. The van der Waals surface area contributed by atoms with E-state index in [-0.39, 0.29) is 12.0 Å². The lowest BCUT2D eigenvalue weighted by Crippen LogP contribution is -2.42. The predicted molar refractivity (Wildman–Crippen MR) is 104 cm³/mol. The molecule has 7 heteroatoms. The number of piperidine rings is 1. The van der Waals surface area contributed by atoms with Gasteiger partial charge >= 0.3 is 0 Å². The molecular weight excluding hydrogens is 364 g/mol. The van der Waals surface area contributed by atoms with E-state index in [1.54, 1.807) is 12.4 Å². The Bertz CT molecular complexity index is 809. The summed E-state index contributed by atoms with van der Waals surface area (Å²) in [4.78, 5) is 22.5. The Hall–Kier alpha value is -2.18. The summed E-state index contributed by atoms with van der Waals surface area (Å²) in [6.07, 6.45) is 9.29. The van der Waals surface area contributed by atoms with Crippen LogP contribution in [0.15, 0.2) is 30.9 Å². The number of aromatic nitrogens is 2. The molecule has 1 amide bonds. The van der Waals surface area contributed by atoms with Crippen molar-refractivity contribution in [1.82, 2.24) is 20.2 Å². The Balaban J connectivity index is 1.35. The molecule has 2 aromatic rings. The molecule has 27 heavy (non-hydrogen) atoms. The number of hydrogen-bond donors (Lipinski definition) is 1. The molecule has 6 nitrogen and oxygen atoms in total. The molecule has 1 N–H and O–H groups in total. The second kappa shape index (κ2) is 8.23. The van der Waals surface area contributed by atoms with Crippen molar-refractivity contribution in [3.8, 4) is 16.9 Å². The first kappa shape index (κ1) is 18.2. The first-order chi connectivity index (χ1) is 13.2. The Morgan fingerprint density at radius 3 is 2.74 bits per heavy atom. The van der Waals surface area contributed by atoms with Crippen LogP contribution in [-0.4, -0.2) is 53.1 Å². The Morgan fingerprint density at radius 1 is 1.19 bits per heavy atom. The summed E-state index contributed by atoms with van der Waals surface area (Å²) in [5, 5.41) is 3.58. The van der Waals surface area contributed by atoms with Gasteiger partial charge in [-0.25, -0.2) is 9.97 Å². The van der Waals surface area contributed by atoms with Crippen LogP contribution < -0.4 is 10.1 Å². The van der Waals surface area contributed by atoms with Gasteiger partial charge in [-0.05, 0) is 43.6 Å². The van der Waals surface area contributed by atoms with Gasteiger partial charge in [0.05, 0.1) is 18.1 Å². The van der Waals surface area contributed by atoms with E-state index in [0.29, 0.717) is 23.9 Å². The summed E-state index contributed by atoms with van der Waals surface area (Å²) >= 11 is 6.42. The number of nitrogens with zero attached hydrogens (tertiary/aromatic N) is 3. The highest BCUT2D eigenvalue weighted by Crippen LogP contribution is 2.39. The van der Waals surface area contributed by atoms with Crippen molar-refractivity contribution in [1.29, 1.82) is 0 Å². The van der Waals surface area contributed by atoms with Crippen LogP contribution in [0, 0.1) is 0 Å². The fourth-order valence-electron chi connectivity index (χ4n) is 3.72. The standard InChI is InChI=1S/C20H23ClN4O2/c21-18-8-14(16-9-22-13-23-10-16)6-15-7-17(27-20(15)18)11-24-19(26)12-25-4-2-1-3-5-25/h6,8-10,13,17H,1-5,7,11-12H2,(H,24,26)/t17-/m1/s1. The summed E-state index contributed by atoms with van der Waals surface area (Å²) in [5.41, 5.74) is 2.94. The predicted octanol–water partition coefficient (Wildman–Crippen LogP) is 2.70. The molecule has 1 aromatic carbocycles. The molecule has 0 saturated carbocycles. The number of carbonyl (C=O) groups is 1. The van der Waals surface area contributed by atoms with Crippen molar-refractivity contribution in [3.63, 3.8) is 0 Å². The second-order valence-corrected chi connectivity index (χ2v) is 7.57. The minimum Gasteiger partial charge on any atom is -0.486 e. The number of ether oxygens (including phenoxy) is 1. The van der Waals surface area contributed by atoms with Gasteiger partial charge in [-0.1, -0.05) is 18.0 Å². The normalized spacial score (nSPS) is 19.4. The molecule has 3 heterocycles. The summed E-state index contributed by atoms with van der Waals surface area (Å²) in [5.74, 6) is 0.775. The van der Waals surface area contributed by atoms with E-state index in [1.165, 1.54) is 25.6 Å². The van der Waals surface area contributed by atoms with Gasteiger partial charge in [-0.3, -0.25) is 9.69 Å². The van der Waals surface area contributed by atoms with Crippen LogP contribution in [0.1, 0.15) is 24.8 Å². The van der Waals surface area contributed by atoms with Crippen LogP contribution in [0.3, 0.4) is 0 Å². The Kier molecular flexibility index (Phi) is 5.55. The van der Waals surface area contributed by atoms with E-state index >= 15 is 0 Å². The molecule has 0 bridgehead atoms. The molecule has 2 aliphatic heterocycles. The van der Waals surface area contributed by atoms with Gasteiger partial charge in [0, 0.05) is 29.9 Å². The van der Waals surface area contributed by atoms with Crippen LogP contribution in [-0.2, 0) is 11.2 Å². The Morgan fingerprint density at radius 2 is 1.96 bits per heavy atom. The van der Waals surface area contributed by atoms with Crippen molar-refractivity contribution in [3.05, 3.63) is 41.4 Å². The second-order valence-electron chi connectivity index (χ2n) is 7.16. The maximum Gasteiger partial charge on any atom is 0.234 e. The minimum absolute atomic E-state index is 0.0599. The minimum atomic E-state index is -0.0925. The number of amides is 1. The van der Waals surface area contributed by atoms with Crippen LogP contribution in [0.25, 0.3) is 11.1 Å². The zero-order chi connectivity index (χ0) is 18.6. The third-order valence-corrected chi connectivity index (χ3v) is 5.37. The van der Waals surface area contributed by atoms with E-state index in [2.05, 4.69) is 26.3 Å². The fourth-order valence-corrected chi connectivity index (χ4v) is 4.00. The van der Waals surface area contributed by atoms with Crippen molar-refractivity contribution in [2.45, 2.75) is 31.8 Å². The van der Waals surface area contributed by atoms with E-state index in [1.807, 2.05) is 6.07 Å². The van der Waals surface area contributed by atoms with Gasteiger partial charge in [-0.2, -0.15) is 0 Å². The van der Waals surface area contributed by atoms with Crippen molar-refractivity contribution >= 4 is 17.5 Å². The first-order valence-electron chi connectivity index (χ1n) is 9.42. The molecule has 0 radical (unpaired) electrons. The summed E-state index contributed by atoms with van der Waals surface area (Å²) in [6, 6.07) is 3.94. The molecule has 1 fully saturated rings. The molecule has 0 spiro atoms. The average molecular weight is 387 g/mol. The number of fused-ring (bicyclic) bond motifs is 1. The molecule has 0 aliphatic carbocycles. The van der Waals surface area contributed by atoms with Crippen molar-refractivity contribution in [2.75, 3.05) is 26.2 Å². The zero-order valence-electron chi connectivity index (χ0n) is 15.2. The maximum atomic E-state index is 12.2. The maximum absolute atomic E-state index is 12.2. The third kappa shape index (κ3) is 4.39. The highest BCUT2D eigenvalue weighted by molar-refractivity contribution is 6.32. The number of nitrogens with one attached hydrogen (secondary N) is 1. The smallest absolute Gasteiger partial charge is 0.234 e. The summed E-state index contributed by atoms with van der Waals surface area (Å²) < 4.78 is 5.98. The largest absolute Gasteiger partial charge is 0.486 e. The van der Waals surface area contributed by atoms with E-state index in [4.69, 9.17) is 16.3 Å². The molecule has 4 rings (SSSR count). The number of benzene rings is 1. The van der Waals surface area contributed by atoms with Gasteiger partial charge in [0.2, 0.25) is 5.91 Å². The van der Waals surface area contributed by atoms with E-state index in [9.17, 15) is 4.79 Å². The average Bonchev–Trinajstić information content (AvgIpc) is 3.12. The third-order valence-electron chi connectivity index (χ3n) is 5.09. The highest BCUT2D eigenvalue weighted by Gasteiger charge is 2.26. The molecule has 1 saturated heterocycles. The number of hydrogen-bond acceptors (Lipinski definition) is 5. The van der Waals surface area contributed by atoms with Crippen LogP contribution >= 0.6 is 11.6 Å². The van der Waals surface area contributed by atoms with Gasteiger partial charge in [0.15, 0.2) is 0 Å². The highest BCUT2D eigenvalue weighted by atomic mass is 35.5. The molecule has 142 valence electrons. The summed E-state index contributed by atoms with van der Waals surface area (Å²) in [7, 11) is 0. The Labute approximate surface area is 163 Å². The van der Waals surface area contributed by atoms with E-state index < -0.39 is 0 Å². The molecule has 1 atom stereocenters. The molecule has 1 aromatic heterocycles. The summed E-state index contributed by atoms with van der Waals surface area (Å²) in [6.45, 7) is 2.99. The first-order valence-corrected chi connectivity index (χ1v) is 9.80. The van der Waals surface area contributed by atoms with Gasteiger partial charge in [-0.15, -0.1) is 0 Å². The van der Waals surface area contributed by atoms with Crippen LogP contribution in [0.2, 0.25) is 5.02 Å². The lowest BCUT2D eigenvalue weighted by molar-refractivity contribution is -0.122. The molecule has 0 unspecified atom stereocenters. The van der Waals surface area contributed by atoms with Gasteiger partial charge in [0.25, 0.3) is 0 Å². The lowest BCUT2D eigenvalue weighted by Gasteiger charge is -2.25. The molecule has 2 aliphatic rings. The lowest BCUT2D eigenvalue weighted by atomic mass is 10.0. The number of likely N-dealkylation sites (tertiary alicyclic amines) is 1. The SMILES string of the molecule is O=C(CN1CCCCC1)NC[C@H]1Cc2cc(-c3cncnc3)cc(Cl)c2O1. The van der Waals surface area contributed by atoms with Crippen LogP contribution in [0.4, 0.5) is 0 Å². The quantitative estimate of drug-likeness (QED) is 0.855. The fraction of sp³-hybridized carbons (Fsp3) is 0.450. The number of carbonyl (C=O) groups excluding carboxylic acids is 1.